The molecular formula is C15H27N3. The fourth-order valence-corrected chi connectivity index (χ4v) is 2.31. The van der Waals surface area contributed by atoms with Gasteiger partial charge in [-0.3, -0.25) is 4.68 Å². The predicted octanol–water partition coefficient (Wildman–Crippen LogP) is 2.91. The zero-order valence-corrected chi connectivity index (χ0v) is 12.5. The van der Waals surface area contributed by atoms with Crippen LogP contribution in [0.25, 0.3) is 0 Å². The van der Waals surface area contributed by atoms with Crippen LogP contribution in [-0.4, -0.2) is 22.4 Å². The van der Waals surface area contributed by atoms with Gasteiger partial charge in [0.25, 0.3) is 0 Å². The van der Waals surface area contributed by atoms with Gasteiger partial charge >= 0.3 is 0 Å². The van der Waals surface area contributed by atoms with Crippen molar-refractivity contribution >= 4 is 0 Å². The maximum Gasteiger partial charge on any atom is 0.0628 e. The molecule has 0 aliphatic rings. The summed E-state index contributed by atoms with van der Waals surface area (Å²) < 4.78 is 1.97. The normalized spacial score (nSPS) is 12.7. The molecule has 18 heavy (non-hydrogen) atoms. The van der Waals surface area contributed by atoms with E-state index in [0.29, 0.717) is 6.04 Å². The van der Waals surface area contributed by atoms with Crippen LogP contribution in [-0.2, 0) is 13.5 Å². The third-order valence-corrected chi connectivity index (χ3v) is 3.58. The summed E-state index contributed by atoms with van der Waals surface area (Å²) in [5.41, 5.74) is 5.05. The second-order valence-electron chi connectivity index (χ2n) is 5.16. The van der Waals surface area contributed by atoms with Crippen LogP contribution >= 0.6 is 0 Å². The molecule has 0 saturated carbocycles. The molecule has 102 valence electrons. The van der Waals surface area contributed by atoms with Crippen LogP contribution in [0.15, 0.2) is 12.2 Å². The number of hydrogen-bond donors (Lipinski definition) is 1. The molecule has 1 N–H and O–H groups in total. The second-order valence-corrected chi connectivity index (χ2v) is 5.16. The van der Waals surface area contributed by atoms with Gasteiger partial charge < -0.3 is 5.32 Å². The van der Waals surface area contributed by atoms with Gasteiger partial charge in [-0.25, -0.2) is 0 Å². The van der Waals surface area contributed by atoms with Gasteiger partial charge in [0, 0.05) is 18.8 Å². The Morgan fingerprint density at radius 1 is 1.44 bits per heavy atom. The third kappa shape index (κ3) is 3.70. The van der Waals surface area contributed by atoms with Crippen molar-refractivity contribution in [2.24, 2.45) is 7.05 Å². The molecule has 1 heterocycles. The fraction of sp³-hybridized carbons (Fsp3) is 0.667. The molecule has 3 nitrogen and oxygen atoms in total. The van der Waals surface area contributed by atoms with Gasteiger partial charge in [-0.15, -0.1) is 0 Å². The van der Waals surface area contributed by atoms with E-state index in [0.717, 1.165) is 31.5 Å². The summed E-state index contributed by atoms with van der Waals surface area (Å²) in [7, 11) is 2.01. The minimum absolute atomic E-state index is 0.420. The number of nitrogens with one attached hydrogen (secondary N) is 1. The van der Waals surface area contributed by atoms with Gasteiger partial charge in [0.2, 0.25) is 0 Å². The highest BCUT2D eigenvalue weighted by molar-refractivity contribution is 5.25. The van der Waals surface area contributed by atoms with Crippen LogP contribution in [0.5, 0.6) is 0 Å². The standard InChI is InChI=1S/C15H27N3/c1-7-10-16-15(11(2)3)9-8-14-12(4)17-18(6)13(14)5/h15-16H,2,7-10H2,1,3-6H3. The highest BCUT2D eigenvalue weighted by Gasteiger charge is 2.13. The maximum atomic E-state index is 4.47. The Hall–Kier alpha value is -1.09. The number of rotatable bonds is 7. The molecule has 0 saturated heterocycles. The van der Waals surface area contributed by atoms with Gasteiger partial charge in [-0.1, -0.05) is 19.1 Å². The van der Waals surface area contributed by atoms with E-state index in [4.69, 9.17) is 0 Å². The molecule has 0 aromatic carbocycles. The van der Waals surface area contributed by atoms with E-state index in [2.05, 4.69) is 44.7 Å². The maximum absolute atomic E-state index is 4.47. The molecule has 0 spiro atoms. The van der Waals surface area contributed by atoms with Crippen LogP contribution in [0.2, 0.25) is 0 Å². The molecule has 0 aliphatic carbocycles. The average molecular weight is 249 g/mol. The molecule has 1 unspecified atom stereocenters. The Bertz CT molecular complexity index is 404. The smallest absolute Gasteiger partial charge is 0.0628 e. The Morgan fingerprint density at radius 3 is 2.56 bits per heavy atom. The molecule has 0 aliphatic heterocycles. The molecule has 1 rings (SSSR count). The van der Waals surface area contributed by atoms with Crippen molar-refractivity contribution in [3.63, 3.8) is 0 Å². The highest BCUT2D eigenvalue weighted by atomic mass is 15.3. The summed E-state index contributed by atoms with van der Waals surface area (Å²) in [6.45, 7) is 13.7. The molecule has 0 radical (unpaired) electrons. The summed E-state index contributed by atoms with van der Waals surface area (Å²) in [5.74, 6) is 0. The van der Waals surface area contributed by atoms with E-state index in [1.807, 2.05) is 11.7 Å². The Kier molecular flexibility index (Phi) is 5.60. The molecule has 1 aromatic rings. The van der Waals surface area contributed by atoms with E-state index in [-0.39, 0.29) is 0 Å². The zero-order valence-electron chi connectivity index (χ0n) is 12.5. The third-order valence-electron chi connectivity index (χ3n) is 3.58. The Balaban J connectivity index is 2.64. The van der Waals surface area contributed by atoms with Crippen LogP contribution < -0.4 is 5.32 Å². The number of aromatic nitrogens is 2. The molecular weight excluding hydrogens is 222 g/mol. The van der Waals surface area contributed by atoms with Gasteiger partial charge in [-0.05, 0) is 52.1 Å². The van der Waals surface area contributed by atoms with Crippen LogP contribution in [0.4, 0.5) is 0 Å². The molecule has 3 heteroatoms. The van der Waals surface area contributed by atoms with Crippen LogP contribution in [0.1, 0.15) is 43.6 Å². The number of nitrogens with zero attached hydrogens (tertiary/aromatic N) is 2. The first kappa shape index (κ1) is 15.0. The van der Waals surface area contributed by atoms with Gasteiger partial charge in [0.1, 0.15) is 0 Å². The van der Waals surface area contributed by atoms with Crippen molar-refractivity contribution in [3.8, 4) is 0 Å². The van der Waals surface area contributed by atoms with Crippen LogP contribution in [0, 0.1) is 13.8 Å². The molecule has 1 aromatic heterocycles. The van der Waals surface area contributed by atoms with Gasteiger partial charge in [0.15, 0.2) is 0 Å². The lowest BCUT2D eigenvalue weighted by atomic mass is 9.99. The molecule has 0 bridgehead atoms. The van der Waals surface area contributed by atoms with Crippen molar-refractivity contribution in [1.82, 2.24) is 15.1 Å². The Labute approximate surface area is 111 Å². The quantitative estimate of drug-likeness (QED) is 0.753. The summed E-state index contributed by atoms with van der Waals surface area (Å²) in [5, 5.41) is 8.03. The van der Waals surface area contributed by atoms with E-state index < -0.39 is 0 Å². The summed E-state index contributed by atoms with van der Waals surface area (Å²) >= 11 is 0. The van der Waals surface area contributed by atoms with Crippen molar-refractivity contribution in [1.29, 1.82) is 0 Å². The first-order chi connectivity index (χ1) is 8.47. The summed E-state index contributed by atoms with van der Waals surface area (Å²) in [6, 6.07) is 0.420. The largest absolute Gasteiger partial charge is 0.310 e. The monoisotopic (exact) mass is 249 g/mol. The van der Waals surface area contributed by atoms with Crippen molar-refractivity contribution in [2.75, 3.05) is 6.54 Å². The predicted molar refractivity (Wildman–Crippen MR) is 77.9 cm³/mol. The van der Waals surface area contributed by atoms with Crippen LogP contribution in [0.3, 0.4) is 0 Å². The first-order valence-electron chi connectivity index (χ1n) is 6.85. The molecule has 0 amide bonds. The lowest BCUT2D eigenvalue weighted by molar-refractivity contribution is 0.532. The SMILES string of the molecule is C=C(C)C(CCc1c(C)nn(C)c1C)NCCC. The molecule has 0 fully saturated rings. The van der Waals surface area contributed by atoms with Crippen molar-refractivity contribution in [2.45, 2.75) is 53.0 Å². The van der Waals surface area contributed by atoms with E-state index in [1.54, 1.807) is 0 Å². The summed E-state index contributed by atoms with van der Waals surface area (Å²) in [6.07, 6.45) is 3.33. The lowest BCUT2D eigenvalue weighted by Gasteiger charge is -2.18. The van der Waals surface area contributed by atoms with E-state index in [9.17, 15) is 0 Å². The zero-order chi connectivity index (χ0) is 13.7. The van der Waals surface area contributed by atoms with Crippen molar-refractivity contribution < 1.29 is 0 Å². The van der Waals surface area contributed by atoms with E-state index in [1.165, 1.54) is 16.8 Å². The Morgan fingerprint density at radius 2 is 2.11 bits per heavy atom. The molecule has 1 atom stereocenters. The lowest BCUT2D eigenvalue weighted by Crippen LogP contribution is -2.31. The number of aryl methyl sites for hydroxylation is 2. The fourth-order valence-electron chi connectivity index (χ4n) is 2.31. The number of hydrogen-bond acceptors (Lipinski definition) is 2. The summed E-state index contributed by atoms with van der Waals surface area (Å²) in [4.78, 5) is 0. The highest BCUT2D eigenvalue weighted by Crippen LogP contribution is 2.16. The minimum atomic E-state index is 0.420. The van der Waals surface area contributed by atoms with Gasteiger partial charge in [-0.2, -0.15) is 5.10 Å². The van der Waals surface area contributed by atoms with Gasteiger partial charge in [0.05, 0.1) is 5.69 Å². The topological polar surface area (TPSA) is 29.9 Å². The first-order valence-corrected chi connectivity index (χ1v) is 6.85. The van der Waals surface area contributed by atoms with E-state index >= 15 is 0 Å². The average Bonchev–Trinajstić information content (AvgIpc) is 2.54. The second kappa shape index (κ2) is 6.74. The minimum Gasteiger partial charge on any atom is -0.310 e. The van der Waals surface area contributed by atoms with Crippen molar-refractivity contribution in [3.05, 3.63) is 29.1 Å².